The average Bonchev–Trinajstić information content (AvgIpc) is 3.05. The second-order valence-corrected chi connectivity index (χ2v) is 6.58. The van der Waals surface area contributed by atoms with Crippen molar-refractivity contribution in [2.45, 2.75) is 25.0 Å². The Morgan fingerprint density at radius 3 is 2.95 bits per heavy atom. The SMILES string of the molecule is COC(=O)c1ccc(CN2CC3(CCNCC3)OC2=O)s1. The summed E-state index contributed by atoms with van der Waals surface area (Å²) in [6.45, 7) is 2.87. The van der Waals surface area contributed by atoms with E-state index in [4.69, 9.17) is 9.47 Å². The summed E-state index contributed by atoms with van der Waals surface area (Å²) < 4.78 is 10.3. The second kappa shape index (κ2) is 5.65. The minimum Gasteiger partial charge on any atom is -0.465 e. The third-order valence-electron chi connectivity index (χ3n) is 3.95. The van der Waals surface area contributed by atoms with Gasteiger partial charge in [0, 0.05) is 17.7 Å². The number of hydrogen-bond acceptors (Lipinski definition) is 6. The molecule has 0 radical (unpaired) electrons. The Bertz CT molecular complexity index is 551. The van der Waals surface area contributed by atoms with E-state index >= 15 is 0 Å². The number of nitrogens with one attached hydrogen (secondary N) is 1. The maximum Gasteiger partial charge on any atom is 0.410 e. The highest BCUT2D eigenvalue weighted by atomic mass is 32.1. The first kappa shape index (κ1) is 14.3. The van der Waals surface area contributed by atoms with Crippen LogP contribution in [0.3, 0.4) is 0 Å². The fraction of sp³-hybridized carbons (Fsp3) is 0.571. The Hall–Kier alpha value is -1.60. The van der Waals surface area contributed by atoms with Crippen molar-refractivity contribution >= 4 is 23.4 Å². The first-order valence-corrected chi connectivity index (χ1v) is 7.79. The lowest BCUT2D eigenvalue weighted by Gasteiger charge is -2.31. The average molecular weight is 310 g/mol. The van der Waals surface area contributed by atoms with Crippen LogP contribution in [-0.2, 0) is 16.0 Å². The number of ether oxygens (including phenoxy) is 2. The van der Waals surface area contributed by atoms with Crippen LogP contribution in [0.1, 0.15) is 27.4 Å². The van der Waals surface area contributed by atoms with Crippen LogP contribution in [0.15, 0.2) is 12.1 Å². The van der Waals surface area contributed by atoms with Gasteiger partial charge in [-0.15, -0.1) is 11.3 Å². The van der Waals surface area contributed by atoms with Crippen molar-refractivity contribution in [1.29, 1.82) is 0 Å². The van der Waals surface area contributed by atoms with Gasteiger partial charge < -0.3 is 14.8 Å². The Balaban J connectivity index is 1.66. The van der Waals surface area contributed by atoms with Gasteiger partial charge in [-0.3, -0.25) is 4.90 Å². The first-order valence-electron chi connectivity index (χ1n) is 6.98. The van der Waals surface area contributed by atoms with E-state index in [1.807, 2.05) is 6.07 Å². The number of esters is 1. The van der Waals surface area contributed by atoms with Crippen molar-refractivity contribution in [2.75, 3.05) is 26.7 Å². The molecule has 0 aromatic carbocycles. The molecule has 0 atom stereocenters. The monoisotopic (exact) mass is 310 g/mol. The summed E-state index contributed by atoms with van der Waals surface area (Å²) >= 11 is 1.35. The van der Waals surface area contributed by atoms with E-state index in [1.165, 1.54) is 18.4 Å². The molecule has 0 aliphatic carbocycles. The van der Waals surface area contributed by atoms with Crippen LogP contribution < -0.4 is 5.32 Å². The Morgan fingerprint density at radius 2 is 2.24 bits per heavy atom. The number of carbonyl (C=O) groups is 2. The van der Waals surface area contributed by atoms with Gasteiger partial charge in [-0.05, 0) is 25.2 Å². The lowest BCUT2D eigenvalue weighted by atomic mass is 9.92. The van der Waals surface area contributed by atoms with Crippen molar-refractivity contribution < 1.29 is 19.1 Å². The molecule has 2 aliphatic heterocycles. The molecule has 7 heteroatoms. The highest BCUT2D eigenvalue weighted by Crippen LogP contribution is 2.32. The molecule has 2 aliphatic rings. The maximum atomic E-state index is 12.0. The molecule has 3 rings (SSSR count). The van der Waals surface area contributed by atoms with Crippen LogP contribution in [0.2, 0.25) is 0 Å². The largest absolute Gasteiger partial charge is 0.465 e. The third kappa shape index (κ3) is 2.89. The fourth-order valence-corrected chi connectivity index (χ4v) is 3.76. The van der Waals surface area contributed by atoms with Crippen molar-refractivity contribution in [3.05, 3.63) is 21.9 Å². The quantitative estimate of drug-likeness (QED) is 0.859. The molecule has 1 aromatic rings. The Morgan fingerprint density at radius 1 is 1.48 bits per heavy atom. The molecule has 0 bridgehead atoms. The molecule has 1 aromatic heterocycles. The van der Waals surface area contributed by atoms with Crippen molar-refractivity contribution in [1.82, 2.24) is 10.2 Å². The number of methoxy groups -OCH3 is 1. The van der Waals surface area contributed by atoms with Gasteiger partial charge >= 0.3 is 12.1 Å². The topological polar surface area (TPSA) is 67.9 Å². The van der Waals surface area contributed by atoms with Crippen LogP contribution in [0.4, 0.5) is 4.79 Å². The molecule has 0 saturated carbocycles. The minimum absolute atomic E-state index is 0.259. The number of carbonyl (C=O) groups excluding carboxylic acids is 2. The van der Waals surface area contributed by atoms with E-state index in [2.05, 4.69) is 5.32 Å². The van der Waals surface area contributed by atoms with Crippen LogP contribution in [0, 0.1) is 0 Å². The smallest absolute Gasteiger partial charge is 0.410 e. The summed E-state index contributed by atoms with van der Waals surface area (Å²) in [5.74, 6) is -0.343. The van der Waals surface area contributed by atoms with E-state index in [9.17, 15) is 9.59 Å². The minimum atomic E-state index is -0.343. The van der Waals surface area contributed by atoms with E-state index in [1.54, 1.807) is 11.0 Å². The van der Waals surface area contributed by atoms with Crippen molar-refractivity contribution in [3.8, 4) is 0 Å². The van der Waals surface area contributed by atoms with E-state index < -0.39 is 0 Å². The lowest BCUT2D eigenvalue weighted by Crippen LogP contribution is -2.44. The lowest BCUT2D eigenvalue weighted by molar-refractivity contribution is 0.0316. The predicted octanol–water partition coefficient (Wildman–Crippen LogP) is 1.61. The summed E-state index contributed by atoms with van der Waals surface area (Å²) in [4.78, 5) is 26.7. The highest BCUT2D eigenvalue weighted by Gasteiger charge is 2.45. The fourth-order valence-electron chi connectivity index (χ4n) is 2.82. The standard InChI is InChI=1S/C14H18N2O4S/c1-19-12(17)11-3-2-10(21-11)8-16-9-14(20-13(16)18)4-6-15-7-5-14/h2-3,15H,4-9H2,1H3. The van der Waals surface area contributed by atoms with E-state index in [-0.39, 0.29) is 17.7 Å². The number of amides is 1. The molecule has 6 nitrogen and oxygen atoms in total. The van der Waals surface area contributed by atoms with Gasteiger partial charge in [0.1, 0.15) is 10.5 Å². The van der Waals surface area contributed by atoms with Crippen molar-refractivity contribution in [3.63, 3.8) is 0 Å². The van der Waals surface area contributed by atoms with Crippen LogP contribution in [0.5, 0.6) is 0 Å². The molecule has 0 unspecified atom stereocenters. The molecule has 21 heavy (non-hydrogen) atoms. The summed E-state index contributed by atoms with van der Waals surface area (Å²) in [7, 11) is 1.36. The molecular formula is C14H18N2O4S. The van der Waals surface area contributed by atoms with Gasteiger partial charge in [-0.2, -0.15) is 0 Å². The first-order chi connectivity index (χ1) is 10.1. The maximum absolute atomic E-state index is 12.0. The summed E-state index contributed by atoms with van der Waals surface area (Å²) in [5.41, 5.74) is -0.329. The third-order valence-corrected chi connectivity index (χ3v) is 5.00. The van der Waals surface area contributed by atoms with Crippen LogP contribution in [0.25, 0.3) is 0 Å². The number of nitrogens with zero attached hydrogens (tertiary/aromatic N) is 1. The molecule has 1 N–H and O–H groups in total. The zero-order valence-corrected chi connectivity index (χ0v) is 12.7. The Kier molecular flexibility index (Phi) is 3.86. The number of thiophene rings is 1. The second-order valence-electron chi connectivity index (χ2n) is 5.41. The van der Waals surface area contributed by atoms with Crippen LogP contribution >= 0.6 is 11.3 Å². The number of hydrogen-bond donors (Lipinski definition) is 1. The molecule has 1 amide bonds. The summed E-state index contributed by atoms with van der Waals surface area (Å²) in [5, 5.41) is 3.28. The van der Waals surface area contributed by atoms with Gasteiger partial charge in [0.25, 0.3) is 0 Å². The zero-order valence-electron chi connectivity index (χ0n) is 11.9. The normalized spacial score (nSPS) is 20.6. The van der Waals surface area contributed by atoms with Crippen LogP contribution in [-0.4, -0.2) is 49.3 Å². The molecule has 2 saturated heterocycles. The molecule has 2 fully saturated rings. The van der Waals surface area contributed by atoms with Gasteiger partial charge in [0.15, 0.2) is 0 Å². The summed E-state index contributed by atoms with van der Waals surface area (Å²) in [6, 6.07) is 3.59. The zero-order chi connectivity index (χ0) is 14.9. The summed E-state index contributed by atoms with van der Waals surface area (Å²) in [6.07, 6.45) is 1.45. The van der Waals surface area contributed by atoms with E-state index in [0.29, 0.717) is 18.0 Å². The molecular weight excluding hydrogens is 292 g/mol. The van der Waals surface area contributed by atoms with Gasteiger partial charge in [0.2, 0.25) is 0 Å². The van der Waals surface area contributed by atoms with E-state index in [0.717, 1.165) is 30.8 Å². The molecule has 3 heterocycles. The van der Waals surface area contributed by atoms with Gasteiger partial charge in [-0.1, -0.05) is 0 Å². The predicted molar refractivity (Wildman–Crippen MR) is 77.4 cm³/mol. The van der Waals surface area contributed by atoms with Crippen molar-refractivity contribution in [2.24, 2.45) is 0 Å². The molecule has 114 valence electrons. The number of piperidine rings is 1. The van der Waals surface area contributed by atoms with Gasteiger partial charge in [-0.25, -0.2) is 9.59 Å². The highest BCUT2D eigenvalue weighted by molar-refractivity contribution is 7.13. The molecule has 1 spiro atoms. The Labute approximate surface area is 127 Å². The van der Waals surface area contributed by atoms with Gasteiger partial charge in [0.05, 0.1) is 20.2 Å². The number of rotatable bonds is 3.